The van der Waals surface area contributed by atoms with Gasteiger partial charge in [0.2, 0.25) is 0 Å². The number of nitrogens with two attached hydrogens (primary N) is 1. The predicted molar refractivity (Wildman–Crippen MR) is 59.6 cm³/mol. The summed E-state index contributed by atoms with van der Waals surface area (Å²) in [5.41, 5.74) is 5.56. The average Bonchev–Trinajstić information content (AvgIpc) is 2.20. The molecule has 0 aliphatic heterocycles. The van der Waals surface area contributed by atoms with Gasteiger partial charge in [-0.25, -0.2) is 4.98 Å². The van der Waals surface area contributed by atoms with Crippen LogP contribution in [-0.2, 0) is 0 Å². The summed E-state index contributed by atoms with van der Waals surface area (Å²) in [7, 11) is 0. The molecule has 14 heavy (non-hydrogen) atoms. The van der Waals surface area contributed by atoms with Crippen LogP contribution in [0, 0.1) is 0 Å². The molecule has 0 amide bonds. The highest BCUT2D eigenvalue weighted by Crippen LogP contribution is 2.24. The van der Waals surface area contributed by atoms with Crippen molar-refractivity contribution in [3.8, 4) is 0 Å². The van der Waals surface area contributed by atoms with Crippen molar-refractivity contribution >= 4 is 23.4 Å². The van der Waals surface area contributed by atoms with E-state index in [0.29, 0.717) is 5.02 Å². The molecule has 3 nitrogen and oxygen atoms in total. The lowest BCUT2D eigenvalue weighted by atomic mass is 10.3. The van der Waals surface area contributed by atoms with Gasteiger partial charge in [-0.05, 0) is 18.6 Å². The summed E-state index contributed by atoms with van der Waals surface area (Å²) in [5, 5.41) is 10.2. The summed E-state index contributed by atoms with van der Waals surface area (Å²) in [6, 6.07) is 3.46. The molecule has 78 valence electrons. The molecule has 1 aromatic heterocycles. The van der Waals surface area contributed by atoms with E-state index < -0.39 is 0 Å². The molecule has 0 saturated carbocycles. The number of rotatable bonds is 5. The molecule has 1 heterocycles. The van der Waals surface area contributed by atoms with Crippen molar-refractivity contribution < 1.29 is 5.11 Å². The maximum absolute atomic E-state index is 8.71. The zero-order valence-electron chi connectivity index (χ0n) is 7.69. The molecule has 1 aromatic rings. The SMILES string of the molecule is NC(CO)CCSc1ncccc1Cl. The third-order valence-electron chi connectivity index (χ3n) is 1.69. The van der Waals surface area contributed by atoms with Crippen molar-refractivity contribution in [3.63, 3.8) is 0 Å². The van der Waals surface area contributed by atoms with Crippen molar-refractivity contribution in [3.05, 3.63) is 23.4 Å². The minimum Gasteiger partial charge on any atom is -0.395 e. The molecule has 0 saturated heterocycles. The van der Waals surface area contributed by atoms with E-state index in [4.69, 9.17) is 22.4 Å². The second-order valence-electron chi connectivity index (χ2n) is 2.87. The van der Waals surface area contributed by atoms with Crippen molar-refractivity contribution in [2.75, 3.05) is 12.4 Å². The Morgan fingerprint density at radius 3 is 3.07 bits per heavy atom. The highest BCUT2D eigenvalue weighted by molar-refractivity contribution is 7.99. The lowest BCUT2D eigenvalue weighted by molar-refractivity contribution is 0.264. The number of pyridine rings is 1. The standard InChI is InChI=1S/C9H13ClN2OS/c10-8-2-1-4-12-9(8)14-5-3-7(11)6-13/h1-2,4,7,13H,3,5-6,11H2. The van der Waals surface area contributed by atoms with Crippen LogP contribution < -0.4 is 5.73 Å². The van der Waals surface area contributed by atoms with Crippen LogP contribution in [0.4, 0.5) is 0 Å². The molecule has 0 aromatic carbocycles. The number of aliphatic hydroxyl groups excluding tert-OH is 1. The average molecular weight is 233 g/mol. The van der Waals surface area contributed by atoms with Gasteiger partial charge in [0.1, 0.15) is 5.03 Å². The third-order valence-corrected chi connectivity index (χ3v) is 3.14. The second kappa shape index (κ2) is 6.24. The predicted octanol–water partition coefficient (Wildman–Crippen LogP) is 1.54. The number of hydrogen-bond acceptors (Lipinski definition) is 4. The summed E-state index contributed by atoms with van der Waals surface area (Å²) < 4.78 is 0. The molecule has 0 aliphatic rings. The fourth-order valence-corrected chi connectivity index (χ4v) is 2.12. The smallest absolute Gasteiger partial charge is 0.115 e. The number of halogens is 1. The van der Waals surface area contributed by atoms with E-state index in [1.54, 1.807) is 24.0 Å². The summed E-state index contributed by atoms with van der Waals surface area (Å²) >= 11 is 7.47. The van der Waals surface area contributed by atoms with Crippen molar-refractivity contribution in [2.45, 2.75) is 17.5 Å². The van der Waals surface area contributed by atoms with Gasteiger partial charge in [-0.1, -0.05) is 11.6 Å². The second-order valence-corrected chi connectivity index (χ2v) is 4.36. The van der Waals surface area contributed by atoms with Gasteiger partial charge in [0.25, 0.3) is 0 Å². The van der Waals surface area contributed by atoms with Crippen LogP contribution in [0.1, 0.15) is 6.42 Å². The van der Waals surface area contributed by atoms with Gasteiger partial charge in [-0.2, -0.15) is 0 Å². The summed E-state index contributed by atoms with van der Waals surface area (Å²) in [6.07, 6.45) is 2.47. The molecule has 0 spiro atoms. The Labute approximate surface area is 92.7 Å². The van der Waals surface area contributed by atoms with E-state index in [9.17, 15) is 0 Å². The third kappa shape index (κ3) is 3.84. The summed E-state index contributed by atoms with van der Waals surface area (Å²) in [5.74, 6) is 0.818. The van der Waals surface area contributed by atoms with Crippen LogP contribution in [0.3, 0.4) is 0 Å². The Morgan fingerprint density at radius 1 is 1.64 bits per heavy atom. The topological polar surface area (TPSA) is 59.1 Å². The molecule has 0 fully saturated rings. The normalized spacial score (nSPS) is 12.8. The van der Waals surface area contributed by atoms with Crippen molar-refractivity contribution in [1.29, 1.82) is 0 Å². The Balaban J connectivity index is 2.35. The maximum Gasteiger partial charge on any atom is 0.115 e. The Morgan fingerprint density at radius 2 is 2.43 bits per heavy atom. The number of aromatic nitrogens is 1. The van der Waals surface area contributed by atoms with Gasteiger partial charge in [0, 0.05) is 18.0 Å². The monoisotopic (exact) mass is 232 g/mol. The molecule has 1 unspecified atom stereocenters. The van der Waals surface area contributed by atoms with Crippen molar-refractivity contribution in [1.82, 2.24) is 4.98 Å². The first-order valence-electron chi connectivity index (χ1n) is 4.33. The Bertz CT molecular complexity index is 285. The summed E-state index contributed by atoms with van der Waals surface area (Å²) in [4.78, 5) is 4.13. The Hall–Kier alpha value is -0.290. The number of aliphatic hydroxyl groups is 1. The van der Waals surface area contributed by atoms with E-state index >= 15 is 0 Å². The number of thioether (sulfide) groups is 1. The van der Waals surface area contributed by atoms with Gasteiger partial charge < -0.3 is 10.8 Å². The van der Waals surface area contributed by atoms with E-state index in [0.717, 1.165) is 17.2 Å². The van der Waals surface area contributed by atoms with E-state index in [-0.39, 0.29) is 12.6 Å². The molecule has 3 N–H and O–H groups in total. The molecular weight excluding hydrogens is 220 g/mol. The molecule has 0 radical (unpaired) electrons. The molecule has 5 heteroatoms. The van der Waals surface area contributed by atoms with Crippen LogP contribution in [0.5, 0.6) is 0 Å². The maximum atomic E-state index is 8.71. The molecule has 1 rings (SSSR count). The first-order valence-corrected chi connectivity index (χ1v) is 5.70. The highest BCUT2D eigenvalue weighted by atomic mass is 35.5. The van der Waals surface area contributed by atoms with Gasteiger partial charge in [-0.15, -0.1) is 11.8 Å². The van der Waals surface area contributed by atoms with Gasteiger partial charge in [0.05, 0.1) is 11.6 Å². The van der Waals surface area contributed by atoms with Crippen molar-refractivity contribution in [2.24, 2.45) is 5.73 Å². The van der Waals surface area contributed by atoms with Gasteiger partial charge in [0.15, 0.2) is 0 Å². The summed E-state index contributed by atoms with van der Waals surface area (Å²) in [6.45, 7) is 0.0243. The van der Waals surface area contributed by atoms with E-state index in [1.807, 2.05) is 6.07 Å². The molecule has 0 aliphatic carbocycles. The molecule has 1 atom stereocenters. The minimum atomic E-state index is -0.148. The number of nitrogens with zero attached hydrogens (tertiary/aromatic N) is 1. The van der Waals surface area contributed by atoms with Crippen LogP contribution in [-0.4, -0.2) is 28.5 Å². The fourth-order valence-electron chi connectivity index (χ4n) is 0.876. The number of hydrogen-bond donors (Lipinski definition) is 2. The first-order chi connectivity index (χ1) is 6.74. The lowest BCUT2D eigenvalue weighted by Crippen LogP contribution is -2.24. The van der Waals surface area contributed by atoms with Crippen LogP contribution in [0.25, 0.3) is 0 Å². The first kappa shape index (κ1) is 11.8. The van der Waals surface area contributed by atoms with Gasteiger partial charge in [-0.3, -0.25) is 0 Å². The minimum absolute atomic E-state index is 0.0243. The van der Waals surface area contributed by atoms with E-state index in [1.165, 1.54) is 0 Å². The van der Waals surface area contributed by atoms with Crippen LogP contribution in [0.2, 0.25) is 5.02 Å². The quantitative estimate of drug-likeness (QED) is 0.757. The molecular formula is C9H13ClN2OS. The Kier molecular flexibility index (Phi) is 5.25. The van der Waals surface area contributed by atoms with E-state index in [2.05, 4.69) is 4.98 Å². The zero-order chi connectivity index (χ0) is 10.4. The zero-order valence-corrected chi connectivity index (χ0v) is 9.26. The van der Waals surface area contributed by atoms with Gasteiger partial charge >= 0.3 is 0 Å². The van der Waals surface area contributed by atoms with Crippen LogP contribution >= 0.6 is 23.4 Å². The van der Waals surface area contributed by atoms with Crippen LogP contribution in [0.15, 0.2) is 23.4 Å². The highest BCUT2D eigenvalue weighted by Gasteiger charge is 2.03. The lowest BCUT2D eigenvalue weighted by Gasteiger charge is -2.07. The molecule has 0 bridgehead atoms. The fraction of sp³-hybridized carbons (Fsp3) is 0.444. The largest absolute Gasteiger partial charge is 0.395 e.